The van der Waals surface area contributed by atoms with Crippen molar-refractivity contribution < 1.29 is 23.2 Å². The SMILES string of the molecule is CC[C@@H]1c2ccsc2CCN1C(=O)c1ccc(NS(=O)(=O)c2cccc([N+](=O)[O-])c2)cc1O. The largest absolute Gasteiger partial charge is 0.507 e. The van der Waals surface area contributed by atoms with E-state index in [1.54, 1.807) is 16.2 Å². The monoisotopic (exact) mass is 487 g/mol. The van der Waals surface area contributed by atoms with Crippen molar-refractivity contribution in [2.24, 2.45) is 0 Å². The number of phenols is 1. The molecule has 2 N–H and O–H groups in total. The lowest BCUT2D eigenvalue weighted by Crippen LogP contribution is -2.39. The summed E-state index contributed by atoms with van der Waals surface area (Å²) < 4.78 is 27.6. The third-order valence-electron chi connectivity index (χ3n) is 5.56. The molecular formula is C22H21N3O6S2. The number of carbonyl (C=O) groups excluding carboxylic acids is 1. The third kappa shape index (κ3) is 4.41. The number of rotatable bonds is 6. The van der Waals surface area contributed by atoms with Crippen molar-refractivity contribution in [3.63, 3.8) is 0 Å². The van der Waals surface area contributed by atoms with Gasteiger partial charge in [-0.3, -0.25) is 19.6 Å². The molecule has 1 aliphatic rings. The molecule has 0 spiro atoms. The zero-order chi connectivity index (χ0) is 23.8. The first-order valence-corrected chi connectivity index (χ1v) is 12.5. The lowest BCUT2D eigenvalue weighted by atomic mass is 9.96. The molecule has 33 heavy (non-hydrogen) atoms. The van der Waals surface area contributed by atoms with Gasteiger partial charge in [0.25, 0.3) is 21.6 Å². The summed E-state index contributed by atoms with van der Waals surface area (Å²) in [6.45, 7) is 2.54. The van der Waals surface area contributed by atoms with E-state index in [4.69, 9.17) is 0 Å². The summed E-state index contributed by atoms with van der Waals surface area (Å²) in [6, 6.07) is 10.5. The number of nitro benzene ring substituents is 1. The van der Waals surface area contributed by atoms with Crippen molar-refractivity contribution in [3.8, 4) is 5.75 Å². The van der Waals surface area contributed by atoms with E-state index in [1.807, 2.05) is 18.4 Å². The van der Waals surface area contributed by atoms with Gasteiger partial charge in [0.15, 0.2) is 0 Å². The molecule has 0 saturated carbocycles. The highest BCUT2D eigenvalue weighted by Crippen LogP contribution is 2.37. The molecule has 2 heterocycles. The van der Waals surface area contributed by atoms with E-state index in [0.29, 0.717) is 6.54 Å². The summed E-state index contributed by atoms with van der Waals surface area (Å²) in [5.74, 6) is -0.686. The van der Waals surface area contributed by atoms with Crippen molar-refractivity contribution in [2.45, 2.75) is 30.7 Å². The Hall–Kier alpha value is -3.44. The Bertz CT molecular complexity index is 1340. The van der Waals surface area contributed by atoms with Gasteiger partial charge in [0.1, 0.15) is 5.75 Å². The van der Waals surface area contributed by atoms with Crippen LogP contribution in [0.2, 0.25) is 0 Å². The minimum Gasteiger partial charge on any atom is -0.507 e. The maximum atomic E-state index is 13.2. The van der Waals surface area contributed by atoms with Gasteiger partial charge in [-0.15, -0.1) is 11.3 Å². The number of phenolic OH excluding ortho intramolecular Hbond substituents is 1. The Labute approximate surface area is 194 Å². The molecule has 3 aromatic rings. The molecule has 0 radical (unpaired) electrons. The van der Waals surface area contributed by atoms with Gasteiger partial charge in [-0.1, -0.05) is 13.0 Å². The van der Waals surface area contributed by atoms with Crippen LogP contribution in [-0.4, -0.2) is 35.8 Å². The second-order valence-electron chi connectivity index (χ2n) is 7.56. The first-order valence-electron chi connectivity index (χ1n) is 10.2. The number of carbonyl (C=O) groups is 1. The predicted molar refractivity (Wildman–Crippen MR) is 124 cm³/mol. The van der Waals surface area contributed by atoms with Gasteiger partial charge in [0.2, 0.25) is 0 Å². The summed E-state index contributed by atoms with van der Waals surface area (Å²) in [4.78, 5) is 26.2. The number of nitro groups is 1. The maximum Gasteiger partial charge on any atom is 0.270 e. The summed E-state index contributed by atoms with van der Waals surface area (Å²) in [5, 5.41) is 23.5. The van der Waals surface area contributed by atoms with E-state index >= 15 is 0 Å². The minimum absolute atomic E-state index is 0.0290. The van der Waals surface area contributed by atoms with Crippen LogP contribution in [0.4, 0.5) is 11.4 Å². The zero-order valence-electron chi connectivity index (χ0n) is 17.6. The normalized spacial score (nSPS) is 15.7. The summed E-state index contributed by atoms with van der Waals surface area (Å²) in [5.41, 5.74) is 0.872. The highest BCUT2D eigenvalue weighted by atomic mass is 32.2. The average Bonchev–Trinajstić information content (AvgIpc) is 3.27. The summed E-state index contributed by atoms with van der Waals surface area (Å²) in [6.07, 6.45) is 1.48. The molecule has 4 rings (SSSR count). The van der Waals surface area contributed by atoms with Crippen LogP contribution in [-0.2, 0) is 16.4 Å². The fourth-order valence-electron chi connectivity index (χ4n) is 3.99. The zero-order valence-corrected chi connectivity index (χ0v) is 19.2. The second-order valence-corrected chi connectivity index (χ2v) is 10.2. The Morgan fingerprint density at radius 2 is 2.06 bits per heavy atom. The molecule has 11 heteroatoms. The topological polar surface area (TPSA) is 130 Å². The number of anilines is 1. The van der Waals surface area contributed by atoms with Gasteiger partial charge in [-0.05, 0) is 48.1 Å². The van der Waals surface area contributed by atoms with Gasteiger partial charge in [-0.25, -0.2) is 8.42 Å². The van der Waals surface area contributed by atoms with Crippen LogP contribution in [0.25, 0.3) is 0 Å². The first-order chi connectivity index (χ1) is 15.7. The third-order valence-corrected chi connectivity index (χ3v) is 7.94. The number of sulfonamides is 1. The quantitative estimate of drug-likeness (QED) is 0.394. The molecule has 0 saturated heterocycles. The van der Waals surface area contributed by atoms with Crippen molar-refractivity contribution in [2.75, 3.05) is 11.3 Å². The molecule has 0 bridgehead atoms. The van der Waals surface area contributed by atoms with E-state index in [-0.39, 0.29) is 39.5 Å². The average molecular weight is 488 g/mol. The van der Waals surface area contributed by atoms with Crippen LogP contribution in [0.1, 0.15) is 40.2 Å². The maximum absolute atomic E-state index is 13.2. The molecule has 1 atom stereocenters. The van der Waals surface area contributed by atoms with Crippen LogP contribution in [0, 0.1) is 10.1 Å². The molecule has 0 aliphatic carbocycles. The number of benzene rings is 2. The number of thiophene rings is 1. The Kier molecular flexibility index (Phi) is 6.09. The smallest absolute Gasteiger partial charge is 0.270 e. The van der Waals surface area contributed by atoms with E-state index in [9.17, 15) is 28.4 Å². The van der Waals surface area contributed by atoms with E-state index < -0.39 is 14.9 Å². The van der Waals surface area contributed by atoms with Crippen LogP contribution in [0.3, 0.4) is 0 Å². The fraction of sp³-hybridized carbons (Fsp3) is 0.227. The lowest BCUT2D eigenvalue weighted by Gasteiger charge is -2.35. The Morgan fingerprint density at radius 1 is 1.27 bits per heavy atom. The number of aromatic hydroxyl groups is 1. The number of hydrogen-bond donors (Lipinski definition) is 2. The van der Waals surface area contributed by atoms with Crippen LogP contribution >= 0.6 is 11.3 Å². The van der Waals surface area contributed by atoms with E-state index in [2.05, 4.69) is 4.72 Å². The van der Waals surface area contributed by atoms with Crippen LogP contribution in [0.5, 0.6) is 5.75 Å². The number of nitrogens with one attached hydrogen (secondary N) is 1. The number of amides is 1. The molecule has 0 fully saturated rings. The predicted octanol–water partition coefficient (Wildman–Crippen LogP) is 4.31. The highest BCUT2D eigenvalue weighted by molar-refractivity contribution is 7.92. The van der Waals surface area contributed by atoms with Crippen LogP contribution < -0.4 is 4.72 Å². The lowest BCUT2D eigenvalue weighted by molar-refractivity contribution is -0.385. The molecule has 172 valence electrons. The van der Waals surface area contributed by atoms with Gasteiger partial charge in [-0.2, -0.15) is 0 Å². The molecule has 2 aromatic carbocycles. The summed E-state index contributed by atoms with van der Waals surface area (Å²) >= 11 is 1.68. The van der Waals surface area contributed by atoms with E-state index in [0.717, 1.165) is 30.5 Å². The molecular weight excluding hydrogens is 466 g/mol. The van der Waals surface area contributed by atoms with Crippen molar-refractivity contribution in [3.05, 3.63) is 80.0 Å². The van der Waals surface area contributed by atoms with Gasteiger partial charge in [0.05, 0.1) is 27.1 Å². The van der Waals surface area contributed by atoms with Gasteiger partial charge < -0.3 is 10.0 Å². The van der Waals surface area contributed by atoms with Crippen molar-refractivity contribution >= 4 is 38.6 Å². The molecule has 1 aromatic heterocycles. The molecule has 0 unspecified atom stereocenters. The molecule has 9 nitrogen and oxygen atoms in total. The highest BCUT2D eigenvalue weighted by Gasteiger charge is 2.32. The fourth-order valence-corrected chi connectivity index (χ4v) is 6.01. The Morgan fingerprint density at radius 3 is 2.76 bits per heavy atom. The second kappa shape index (κ2) is 8.83. The van der Waals surface area contributed by atoms with Crippen molar-refractivity contribution in [1.29, 1.82) is 0 Å². The van der Waals surface area contributed by atoms with Crippen LogP contribution in [0.15, 0.2) is 58.8 Å². The standard InChI is InChI=1S/C22H21N3O6S2/c1-2-19-17-9-11-32-21(17)8-10-24(19)22(27)18-7-6-14(12-20(18)26)23-33(30,31)16-5-3-4-15(13-16)25(28)29/h3-7,9,11-13,19,23,26H,2,8,10H2,1H3/t19-/m1/s1. The summed E-state index contributed by atoms with van der Waals surface area (Å²) in [7, 11) is -4.14. The number of nitrogens with zero attached hydrogens (tertiary/aromatic N) is 2. The van der Waals surface area contributed by atoms with Gasteiger partial charge in [0, 0.05) is 29.6 Å². The van der Waals surface area contributed by atoms with Crippen molar-refractivity contribution in [1.82, 2.24) is 4.90 Å². The minimum atomic E-state index is -4.14. The Balaban J connectivity index is 1.57. The molecule has 1 amide bonds. The van der Waals surface area contributed by atoms with E-state index in [1.165, 1.54) is 35.2 Å². The van der Waals surface area contributed by atoms with Gasteiger partial charge >= 0.3 is 0 Å². The molecule has 1 aliphatic heterocycles. The number of non-ortho nitro benzene ring substituents is 1. The first kappa shape index (κ1) is 22.7. The number of fused-ring (bicyclic) bond motifs is 1. The number of hydrogen-bond acceptors (Lipinski definition) is 7.